The molecule has 0 saturated heterocycles. The van der Waals surface area contributed by atoms with E-state index in [2.05, 4.69) is 58.1 Å². The average Bonchev–Trinajstić information content (AvgIpc) is 2.59. The van der Waals surface area contributed by atoms with Gasteiger partial charge in [-0.05, 0) is 84.4 Å². The van der Waals surface area contributed by atoms with Gasteiger partial charge in [-0.2, -0.15) is 0 Å². The summed E-state index contributed by atoms with van der Waals surface area (Å²) in [4.78, 5) is 0. The second-order valence-electron chi connectivity index (χ2n) is 7.30. The van der Waals surface area contributed by atoms with Gasteiger partial charge in [0, 0.05) is 5.56 Å². The third kappa shape index (κ3) is 7.95. The Labute approximate surface area is 160 Å². The first-order valence-corrected chi connectivity index (χ1v) is 9.53. The highest BCUT2D eigenvalue weighted by Gasteiger charge is 2.07. The smallest absolute Gasteiger partial charge is 0.122 e. The van der Waals surface area contributed by atoms with Crippen LogP contribution in [0.3, 0.4) is 0 Å². The minimum Gasteiger partial charge on any atom is -0.496 e. The van der Waals surface area contributed by atoms with Crippen LogP contribution >= 0.6 is 0 Å². The highest BCUT2D eigenvalue weighted by atomic mass is 16.5. The quantitative estimate of drug-likeness (QED) is 0.421. The van der Waals surface area contributed by atoms with E-state index in [9.17, 15) is 0 Å². The largest absolute Gasteiger partial charge is 0.496 e. The second kappa shape index (κ2) is 11.6. The van der Waals surface area contributed by atoms with E-state index in [1.54, 1.807) is 14.2 Å². The summed E-state index contributed by atoms with van der Waals surface area (Å²) >= 11 is 0. The molecule has 0 aliphatic rings. The van der Waals surface area contributed by atoms with E-state index < -0.39 is 0 Å². The zero-order chi connectivity index (χ0) is 19.5. The van der Waals surface area contributed by atoms with Crippen molar-refractivity contribution < 1.29 is 9.47 Å². The molecule has 0 saturated carbocycles. The molecular formula is C24H36O2. The molecule has 0 amide bonds. The van der Waals surface area contributed by atoms with E-state index in [-0.39, 0.29) is 0 Å². The molecule has 144 valence electrons. The summed E-state index contributed by atoms with van der Waals surface area (Å²) in [6.07, 6.45) is 12.4. The van der Waals surface area contributed by atoms with E-state index in [1.807, 2.05) is 6.92 Å². The Morgan fingerprint density at radius 2 is 1.38 bits per heavy atom. The standard InChI is InChI=1S/C24H36O2/c1-18(2)10-8-11-19(3)12-9-13-20(4)14-15-22-17-23(25-6)21(5)16-24(22)26-7/h10,12,14,16-17H,8-9,11,13,15H2,1-7H3/b19-12+,20-14+. The summed E-state index contributed by atoms with van der Waals surface area (Å²) in [5.41, 5.74) is 6.57. The molecule has 1 aromatic carbocycles. The lowest BCUT2D eigenvalue weighted by molar-refractivity contribution is 0.397. The Kier molecular flexibility index (Phi) is 9.87. The first-order chi connectivity index (χ1) is 12.4. The van der Waals surface area contributed by atoms with Crippen LogP contribution in [0.1, 0.15) is 64.5 Å². The van der Waals surface area contributed by atoms with Crippen LogP contribution in [0.5, 0.6) is 11.5 Å². The third-order valence-electron chi connectivity index (χ3n) is 4.59. The summed E-state index contributed by atoms with van der Waals surface area (Å²) in [5, 5.41) is 0. The molecule has 1 aromatic rings. The van der Waals surface area contributed by atoms with Crippen LogP contribution in [0.2, 0.25) is 0 Å². The van der Waals surface area contributed by atoms with Gasteiger partial charge in [-0.15, -0.1) is 0 Å². The van der Waals surface area contributed by atoms with Crippen LogP contribution in [-0.2, 0) is 6.42 Å². The number of allylic oxidation sites excluding steroid dienone is 6. The van der Waals surface area contributed by atoms with E-state index in [4.69, 9.17) is 9.47 Å². The summed E-state index contributed by atoms with van der Waals surface area (Å²) in [7, 11) is 3.44. The Hall–Kier alpha value is -1.96. The van der Waals surface area contributed by atoms with Gasteiger partial charge in [-0.25, -0.2) is 0 Å². The number of benzene rings is 1. The average molecular weight is 357 g/mol. The minimum atomic E-state index is 0.870. The number of rotatable bonds is 10. The summed E-state index contributed by atoms with van der Waals surface area (Å²) in [6, 6.07) is 4.14. The molecule has 0 heterocycles. The highest BCUT2D eigenvalue weighted by Crippen LogP contribution is 2.29. The monoisotopic (exact) mass is 356 g/mol. The van der Waals surface area contributed by atoms with Gasteiger partial charge in [0.2, 0.25) is 0 Å². The topological polar surface area (TPSA) is 18.5 Å². The molecule has 0 spiro atoms. The fourth-order valence-electron chi connectivity index (χ4n) is 2.90. The van der Waals surface area contributed by atoms with E-state index in [0.717, 1.165) is 49.2 Å². The molecular weight excluding hydrogens is 320 g/mol. The van der Waals surface area contributed by atoms with Crippen LogP contribution < -0.4 is 9.47 Å². The molecule has 1 rings (SSSR count). The molecule has 0 unspecified atom stereocenters. The van der Waals surface area contributed by atoms with Gasteiger partial charge in [0.05, 0.1) is 14.2 Å². The lowest BCUT2D eigenvalue weighted by Crippen LogP contribution is -1.96. The van der Waals surface area contributed by atoms with E-state index in [1.165, 1.54) is 22.3 Å². The maximum atomic E-state index is 5.53. The maximum absolute atomic E-state index is 5.53. The van der Waals surface area contributed by atoms with Crippen molar-refractivity contribution in [3.05, 3.63) is 58.2 Å². The molecule has 0 atom stereocenters. The first-order valence-electron chi connectivity index (χ1n) is 9.53. The number of aryl methyl sites for hydroxylation is 1. The molecule has 2 heteroatoms. The fourth-order valence-corrected chi connectivity index (χ4v) is 2.90. The van der Waals surface area contributed by atoms with E-state index >= 15 is 0 Å². The number of ether oxygens (including phenoxy) is 2. The van der Waals surface area contributed by atoms with Crippen molar-refractivity contribution in [3.8, 4) is 11.5 Å². The van der Waals surface area contributed by atoms with Crippen molar-refractivity contribution in [2.45, 2.75) is 66.7 Å². The number of methoxy groups -OCH3 is 2. The molecule has 26 heavy (non-hydrogen) atoms. The molecule has 0 aromatic heterocycles. The third-order valence-corrected chi connectivity index (χ3v) is 4.59. The van der Waals surface area contributed by atoms with Gasteiger partial charge < -0.3 is 9.47 Å². The zero-order valence-corrected chi connectivity index (χ0v) is 17.7. The molecule has 0 radical (unpaired) electrons. The minimum absolute atomic E-state index is 0.870. The lowest BCUT2D eigenvalue weighted by Gasteiger charge is -2.12. The summed E-state index contributed by atoms with van der Waals surface area (Å²) < 4.78 is 11.0. The van der Waals surface area contributed by atoms with Crippen molar-refractivity contribution >= 4 is 0 Å². The van der Waals surface area contributed by atoms with Gasteiger partial charge in [-0.1, -0.05) is 34.9 Å². The predicted molar refractivity (Wildman–Crippen MR) is 113 cm³/mol. The van der Waals surface area contributed by atoms with Crippen LogP contribution in [0.4, 0.5) is 0 Å². The Bertz CT molecular complexity index is 659. The first kappa shape index (κ1) is 22.1. The van der Waals surface area contributed by atoms with Crippen molar-refractivity contribution in [2.75, 3.05) is 14.2 Å². The van der Waals surface area contributed by atoms with Gasteiger partial charge >= 0.3 is 0 Å². The summed E-state index contributed by atoms with van der Waals surface area (Å²) in [6.45, 7) is 10.8. The number of hydrogen-bond donors (Lipinski definition) is 0. The molecule has 2 nitrogen and oxygen atoms in total. The molecule has 0 fully saturated rings. The Balaban J connectivity index is 2.60. The molecule has 0 aliphatic heterocycles. The summed E-state index contributed by atoms with van der Waals surface area (Å²) in [5.74, 6) is 1.85. The van der Waals surface area contributed by atoms with Crippen molar-refractivity contribution in [1.82, 2.24) is 0 Å². The highest BCUT2D eigenvalue weighted by molar-refractivity contribution is 5.46. The van der Waals surface area contributed by atoms with Gasteiger partial charge in [0.25, 0.3) is 0 Å². The fraction of sp³-hybridized carbons (Fsp3) is 0.500. The van der Waals surface area contributed by atoms with E-state index in [0.29, 0.717) is 0 Å². The van der Waals surface area contributed by atoms with Crippen molar-refractivity contribution in [3.63, 3.8) is 0 Å². The van der Waals surface area contributed by atoms with Gasteiger partial charge in [-0.3, -0.25) is 0 Å². The normalized spacial score (nSPS) is 12.1. The predicted octanol–water partition coefficient (Wildman–Crippen LogP) is 6.97. The lowest BCUT2D eigenvalue weighted by atomic mass is 10.0. The SMILES string of the molecule is COc1cc(C/C=C(\C)CC/C=C(\C)CCC=C(C)C)c(OC)cc1C. The number of hydrogen-bond acceptors (Lipinski definition) is 2. The Morgan fingerprint density at radius 1 is 0.808 bits per heavy atom. The van der Waals surface area contributed by atoms with Crippen LogP contribution in [0, 0.1) is 6.92 Å². The zero-order valence-electron chi connectivity index (χ0n) is 17.7. The van der Waals surface area contributed by atoms with Gasteiger partial charge in [0.1, 0.15) is 11.5 Å². The van der Waals surface area contributed by atoms with Crippen LogP contribution in [-0.4, -0.2) is 14.2 Å². The Morgan fingerprint density at radius 3 is 1.96 bits per heavy atom. The van der Waals surface area contributed by atoms with Crippen LogP contribution in [0.15, 0.2) is 47.1 Å². The maximum Gasteiger partial charge on any atom is 0.122 e. The molecule has 0 bridgehead atoms. The van der Waals surface area contributed by atoms with Crippen molar-refractivity contribution in [2.24, 2.45) is 0 Å². The van der Waals surface area contributed by atoms with Gasteiger partial charge in [0.15, 0.2) is 0 Å². The van der Waals surface area contributed by atoms with Crippen LogP contribution in [0.25, 0.3) is 0 Å². The second-order valence-corrected chi connectivity index (χ2v) is 7.30. The molecule has 0 N–H and O–H groups in total. The van der Waals surface area contributed by atoms with Crippen molar-refractivity contribution in [1.29, 1.82) is 0 Å². The molecule has 0 aliphatic carbocycles.